The van der Waals surface area contributed by atoms with E-state index in [0.717, 1.165) is 0 Å². The lowest BCUT2D eigenvalue weighted by atomic mass is 10.3. The number of ether oxygens (including phenoxy) is 2. The van der Waals surface area contributed by atoms with E-state index in [1.807, 2.05) is 0 Å². The number of benzene rings is 2. The summed E-state index contributed by atoms with van der Waals surface area (Å²) < 4.78 is 32.4. The Morgan fingerprint density at radius 2 is 1.12 bits per heavy atom. The van der Waals surface area contributed by atoms with Crippen molar-refractivity contribution in [3.63, 3.8) is 0 Å². The smallest absolute Gasteiger partial charge is 0.489 e. The van der Waals surface area contributed by atoms with Gasteiger partial charge in [0.2, 0.25) is 0 Å². The zero-order valence-corrected chi connectivity index (χ0v) is 17.2. The van der Waals surface area contributed by atoms with Crippen molar-refractivity contribution < 1.29 is 23.1 Å². The van der Waals surface area contributed by atoms with Crippen molar-refractivity contribution in [3.05, 3.63) is 56.5 Å². The highest BCUT2D eigenvalue weighted by atomic mass is 35.5. The average molecular weight is 459 g/mol. The summed E-state index contributed by atoms with van der Waals surface area (Å²) in [6.07, 6.45) is 0. The zero-order chi connectivity index (χ0) is 18.9. The predicted octanol–water partition coefficient (Wildman–Crippen LogP) is 6.45. The summed E-state index contributed by atoms with van der Waals surface area (Å²) in [5.74, 6) is 0.924. The van der Waals surface area contributed by atoms with Gasteiger partial charge in [-0.1, -0.05) is 46.4 Å². The van der Waals surface area contributed by atoms with Crippen molar-refractivity contribution in [2.45, 2.75) is 0 Å². The van der Waals surface area contributed by atoms with Gasteiger partial charge in [-0.15, -0.1) is 9.05 Å². The molecule has 0 radical (unpaired) electrons. The van der Waals surface area contributed by atoms with E-state index in [0.29, 0.717) is 31.6 Å². The topological polar surface area (TPSA) is 54.0 Å². The molecule has 0 saturated carbocycles. The molecule has 0 aliphatic heterocycles. The summed E-state index contributed by atoms with van der Waals surface area (Å²) in [6.45, 7) is 0.446. The Morgan fingerprint density at radius 3 is 1.50 bits per heavy atom. The molecule has 0 heterocycles. The van der Waals surface area contributed by atoms with Gasteiger partial charge in [0.05, 0.1) is 10.0 Å². The molecule has 2 rings (SSSR count). The maximum Gasteiger partial charge on any atom is 0.697 e. The van der Waals surface area contributed by atoms with Crippen molar-refractivity contribution in [3.8, 4) is 11.5 Å². The standard InChI is InChI=1S/C16H14Cl4O5P/c17-11-1-3-15(13(19)9-11)22-5-7-24-26(21)25-8-6-23-16-4-2-12(18)10-14(16)20/h1-4,9-10H,5-8H2/q+1. The molecule has 2 aromatic rings. The molecule has 10 heteroatoms. The Bertz CT molecular complexity index is 698. The van der Waals surface area contributed by atoms with Crippen LogP contribution in [0.15, 0.2) is 36.4 Å². The molecular weight excluding hydrogens is 445 g/mol. The van der Waals surface area contributed by atoms with Gasteiger partial charge in [0.25, 0.3) is 0 Å². The van der Waals surface area contributed by atoms with E-state index in [2.05, 4.69) is 0 Å². The first kappa shape index (κ1) is 21.5. The molecule has 5 nitrogen and oxygen atoms in total. The van der Waals surface area contributed by atoms with E-state index in [4.69, 9.17) is 64.9 Å². The van der Waals surface area contributed by atoms with Crippen LogP contribution >= 0.6 is 54.7 Å². The van der Waals surface area contributed by atoms with Crippen LogP contribution < -0.4 is 9.47 Å². The lowest BCUT2D eigenvalue weighted by Gasteiger charge is -2.06. The van der Waals surface area contributed by atoms with E-state index >= 15 is 0 Å². The number of rotatable bonds is 10. The Balaban J connectivity index is 1.59. The Hall–Kier alpha value is -0.780. The second-order valence-corrected chi connectivity index (χ2v) is 7.39. The van der Waals surface area contributed by atoms with Crippen molar-refractivity contribution in [2.24, 2.45) is 0 Å². The second kappa shape index (κ2) is 11.2. The van der Waals surface area contributed by atoms with E-state index in [1.54, 1.807) is 36.4 Å². The first-order valence-corrected chi connectivity index (χ1v) is 9.95. The van der Waals surface area contributed by atoms with Gasteiger partial charge >= 0.3 is 8.25 Å². The molecule has 0 saturated heterocycles. The Labute approximate surface area is 171 Å². The predicted molar refractivity (Wildman–Crippen MR) is 103 cm³/mol. The highest BCUT2D eigenvalue weighted by Gasteiger charge is 2.20. The average Bonchev–Trinajstić information content (AvgIpc) is 2.58. The zero-order valence-electron chi connectivity index (χ0n) is 13.3. The van der Waals surface area contributed by atoms with Crippen LogP contribution in [0.25, 0.3) is 0 Å². The van der Waals surface area contributed by atoms with Crippen LogP contribution in [0, 0.1) is 0 Å². The van der Waals surface area contributed by atoms with Crippen molar-refractivity contribution in [1.82, 2.24) is 0 Å². The number of halogens is 4. The van der Waals surface area contributed by atoms with Gasteiger partial charge in [0.1, 0.15) is 37.9 Å². The third-order valence-corrected chi connectivity index (χ3v) is 4.71. The second-order valence-electron chi connectivity index (χ2n) is 4.74. The molecule has 0 fully saturated rings. The van der Waals surface area contributed by atoms with E-state index in [1.165, 1.54) is 0 Å². The third kappa shape index (κ3) is 7.45. The SMILES string of the molecule is O=[P+](OCCOc1ccc(Cl)cc1Cl)OCCOc1ccc(Cl)cc1Cl. The van der Waals surface area contributed by atoms with Crippen LogP contribution in [0.4, 0.5) is 0 Å². The molecule has 2 aromatic carbocycles. The molecule has 0 spiro atoms. The minimum Gasteiger partial charge on any atom is -0.489 e. The Morgan fingerprint density at radius 1 is 0.692 bits per heavy atom. The quantitative estimate of drug-likeness (QED) is 0.302. The van der Waals surface area contributed by atoms with Crippen molar-refractivity contribution >= 4 is 54.7 Å². The molecule has 0 atom stereocenters. The first-order chi connectivity index (χ1) is 12.5. The normalized spacial score (nSPS) is 10.6. The molecule has 0 aromatic heterocycles. The number of hydrogen-bond acceptors (Lipinski definition) is 5. The molecule has 0 unspecified atom stereocenters. The summed E-state index contributed by atoms with van der Waals surface area (Å²) in [6, 6.07) is 9.72. The highest BCUT2D eigenvalue weighted by Crippen LogP contribution is 2.29. The summed E-state index contributed by atoms with van der Waals surface area (Å²) in [5, 5.41) is 1.79. The fourth-order valence-electron chi connectivity index (χ4n) is 1.75. The molecule has 0 bridgehead atoms. The molecule has 0 amide bonds. The van der Waals surface area contributed by atoms with E-state index in [9.17, 15) is 4.57 Å². The van der Waals surface area contributed by atoms with Gasteiger partial charge in [-0.25, -0.2) is 0 Å². The highest BCUT2D eigenvalue weighted by molar-refractivity contribution is 7.33. The van der Waals surface area contributed by atoms with Crippen molar-refractivity contribution in [1.29, 1.82) is 0 Å². The third-order valence-electron chi connectivity index (χ3n) is 2.86. The monoisotopic (exact) mass is 457 g/mol. The van der Waals surface area contributed by atoms with E-state index < -0.39 is 8.25 Å². The fourth-order valence-corrected chi connectivity index (χ4v) is 3.20. The fraction of sp³-hybridized carbons (Fsp3) is 0.250. The lowest BCUT2D eigenvalue weighted by molar-refractivity contribution is 0.165. The van der Waals surface area contributed by atoms with Crippen LogP contribution in [0.5, 0.6) is 11.5 Å². The lowest BCUT2D eigenvalue weighted by Crippen LogP contribution is -2.06. The van der Waals surface area contributed by atoms with Crippen LogP contribution in [0.2, 0.25) is 20.1 Å². The molecule has 140 valence electrons. The van der Waals surface area contributed by atoms with E-state index in [-0.39, 0.29) is 26.4 Å². The summed E-state index contributed by atoms with van der Waals surface area (Å²) >= 11 is 23.5. The van der Waals surface area contributed by atoms with Crippen LogP contribution in [-0.4, -0.2) is 26.4 Å². The van der Waals surface area contributed by atoms with Crippen LogP contribution in [0.3, 0.4) is 0 Å². The first-order valence-electron chi connectivity index (χ1n) is 7.34. The molecule has 26 heavy (non-hydrogen) atoms. The largest absolute Gasteiger partial charge is 0.697 e. The number of hydrogen-bond donors (Lipinski definition) is 0. The van der Waals surface area contributed by atoms with Crippen LogP contribution in [0.1, 0.15) is 0 Å². The maximum atomic E-state index is 11.6. The minimum absolute atomic E-state index is 0.0675. The van der Waals surface area contributed by atoms with Crippen LogP contribution in [-0.2, 0) is 13.6 Å². The summed E-state index contributed by atoms with van der Waals surface area (Å²) in [4.78, 5) is 0. The Kier molecular flexibility index (Phi) is 9.23. The molecule has 0 aliphatic carbocycles. The maximum absolute atomic E-state index is 11.6. The van der Waals surface area contributed by atoms with Gasteiger partial charge in [-0.3, -0.25) is 0 Å². The minimum atomic E-state index is -2.29. The van der Waals surface area contributed by atoms with Crippen molar-refractivity contribution in [2.75, 3.05) is 26.4 Å². The summed E-state index contributed by atoms with van der Waals surface area (Å²) in [7, 11) is -2.29. The molecule has 0 aliphatic rings. The summed E-state index contributed by atoms with van der Waals surface area (Å²) in [5.41, 5.74) is 0. The van der Waals surface area contributed by atoms with Gasteiger partial charge in [0.15, 0.2) is 0 Å². The van der Waals surface area contributed by atoms with Gasteiger partial charge < -0.3 is 9.47 Å². The molecule has 0 N–H and O–H groups in total. The van der Waals surface area contributed by atoms with Gasteiger partial charge in [-0.2, -0.15) is 0 Å². The van der Waals surface area contributed by atoms with Gasteiger partial charge in [-0.05, 0) is 36.4 Å². The van der Waals surface area contributed by atoms with Gasteiger partial charge in [0, 0.05) is 14.6 Å². The molecular formula is C16H14Cl4O5P+.